The summed E-state index contributed by atoms with van der Waals surface area (Å²) in [6, 6.07) is 1.52. The summed E-state index contributed by atoms with van der Waals surface area (Å²) in [5, 5.41) is 17.4. The molecule has 0 aliphatic heterocycles. The zero-order chi connectivity index (χ0) is 11.3. The van der Waals surface area contributed by atoms with E-state index in [1.165, 1.54) is 12.3 Å². The van der Waals surface area contributed by atoms with Gasteiger partial charge in [0.05, 0.1) is 5.92 Å². The molecule has 6 nitrogen and oxygen atoms in total. The Morgan fingerprint density at radius 1 is 1.67 bits per heavy atom. The van der Waals surface area contributed by atoms with Crippen molar-refractivity contribution in [2.75, 3.05) is 6.54 Å². The Morgan fingerprint density at radius 2 is 2.40 bits per heavy atom. The summed E-state index contributed by atoms with van der Waals surface area (Å²) in [4.78, 5) is 22.0. The maximum absolute atomic E-state index is 11.4. The fourth-order valence-corrected chi connectivity index (χ4v) is 1.10. The topological polar surface area (TPSA) is 95.1 Å². The van der Waals surface area contributed by atoms with Gasteiger partial charge < -0.3 is 10.4 Å². The van der Waals surface area contributed by atoms with Gasteiger partial charge in [0.25, 0.3) is 5.91 Å². The molecule has 1 atom stereocenters. The van der Waals surface area contributed by atoms with E-state index in [1.54, 1.807) is 6.92 Å². The minimum atomic E-state index is -0.901. The molecule has 0 saturated heterocycles. The highest BCUT2D eigenvalue weighted by Gasteiger charge is 2.16. The van der Waals surface area contributed by atoms with Crippen LogP contribution in [0.15, 0.2) is 12.3 Å². The monoisotopic (exact) mass is 211 g/mol. The van der Waals surface area contributed by atoms with E-state index in [-0.39, 0.29) is 12.5 Å². The summed E-state index contributed by atoms with van der Waals surface area (Å²) < 4.78 is 0. The first-order valence-corrected chi connectivity index (χ1v) is 4.65. The van der Waals surface area contributed by atoms with Gasteiger partial charge in [-0.1, -0.05) is 6.92 Å². The fourth-order valence-electron chi connectivity index (χ4n) is 1.10. The molecule has 0 saturated carbocycles. The van der Waals surface area contributed by atoms with Crippen molar-refractivity contribution in [3.05, 3.63) is 18.0 Å². The summed E-state index contributed by atoms with van der Waals surface area (Å²) in [5.41, 5.74) is 0.329. The van der Waals surface area contributed by atoms with Crippen molar-refractivity contribution in [2.45, 2.75) is 13.3 Å². The van der Waals surface area contributed by atoms with Crippen LogP contribution in [-0.4, -0.2) is 33.7 Å². The second-order valence-corrected chi connectivity index (χ2v) is 3.12. The molecular weight excluding hydrogens is 198 g/mol. The Kier molecular flexibility index (Phi) is 3.84. The Bertz CT molecular complexity index is 334. The van der Waals surface area contributed by atoms with Crippen molar-refractivity contribution in [3.8, 4) is 0 Å². The maximum atomic E-state index is 11.4. The minimum Gasteiger partial charge on any atom is -0.481 e. The van der Waals surface area contributed by atoms with Crippen molar-refractivity contribution in [2.24, 2.45) is 5.92 Å². The number of carboxylic acids is 1. The van der Waals surface area contributed by atoms with E-state index in [0.29, 0.717) is 12.1 Å². The minimum absolute atomic E-state index is 0.129. The number of aromatic amines is 1. The molecule has 82 valence electrons. The predicted molar refractivity (Wildman–Crippen MR) is 52.3 cm³/mol. The predicted octanol–water partition coefficient (Wildman–Crippen LogP) is 0.250. The second kappa shape index (κ2) is 5.14. The molecule has 0 spiro atoms. The lowest BCUT2D eigenvalue weighted by atomic mass is 10.1. The van der Waals surface area contributed by atoms with Crippen LogP contribution in [0.3, 0.4) is 0 Å². The summed E-state index contributed by atoms with van der Waals surface area (Å²) in [7, 11) is 0. The van der Waals surface area contributed by atoms with Crippen LogP contribution in [0.2, 0.25) is 0 Å². The van der Waals surface area contributed by atoms with Crippen molar-refractivity contribution in [1.29, 1.82) is 0 Å². The Morgan fingerprint density at radius 3 is 2.87 bits per heavy atom. The molecule has 0 aliphatic carbocycles. The maximum Gasteiger partial charge on any atom is 0.308 e. The quantitative estimate of drug-likeness (QED) is 0.650. The number of hydrogen-bond acceptors (Lipinski definition) is 3. The number of amides is 1. The van der Waals surface area contributed by atoms with E-state index in [9.17, 15) is 9.59 Å². The average Bonchev–Trinajstić information content (AvgIpc) is 2.70. The number of carbonyl (C=O) groups is 2. The van der Waals surface area contributed by atoms with Crippen molar-refractivity contribution in [1.82, 2.24) is 15.5 Å². The third kappa shape index (κ3) is 3.08. The number of carboxylic acid groups (broad SMARTS) is 1. The highest BCUT2D eigenvalue weighted by Crippen LogP contribution is 2.01. The summed E-state index contributed by atoms with van der Waals surface area (Å²) in [5.74, 6) is -1.79. The van der Waals surface area contributed by atoms with Crippen LogP contribution >= 0.6 is 0 Å². The lowest BCUT2D eigenvalue weighted by Gasteiger charge is -2.09. The van der Waals surface area contributed by atoms with E-state index in [2.05, 4.69) is 15.5 Å². The summed E-state index contributed by atoms with van der Waals surface area (Å²) >= 11 is 0. The SMILES string of the molecule is CCC(CNC(=O)c1ccn[nH]1)C(=O)O. The normalized spacial score (nSPS) is 12.1. The third-order valence-corrected chi connectivity index (χ3v) is 2.10. The standard InChI is InChI=1S/C9H13N3O3/c1-2-6(9(14)15)5-10-8(13)7-3-4-11-12-7/h3-4,6H,2,5H2,1H3,(H,10,13)(H,11,12)(H,14,15). The zero-order valence-corrected chi connectivity index (χ0v) is 8.36. The van der Waals surface area contributed by atoms with E-state index < -0.39 is 11.9 Å². The highest BCUT2D eigenvalue weighted by atomic mass is 16.4. The molecule has 6 heteroatoms. The van der Waals surface area contributed by atoms with Crippen LogP contribution in [0.25, 0.3) is 0 Å². The highest BCUT2D eigenvalue weighted by molar-refractivity contribution is 5.92. The van der Waals surface area contributed by atoms with Crippen molar-refractivity contribution in [3.63, 3.8) is 0 Å². The third-order valence-electron chi connectivity index (χ3n) is 2.10. The molecule has 1 aromatic rings. The number of nitrogens with one attached hydrogen (secondary N) is 2. The first-order valence-electron chi connectivity index (χ1n) is 4.65. The van der Waals surface area contributed by atoms with Gasteiger partial charge in [-0.15, -0.1) is 0 Å². The van der Waals surface area contributed by atoms with Gasteiger partial charge in [-0.05, 0) is 12.5 Å². The van der Waals surface area contributed by atoms with Crippen molar-refractivity contribution >= 4 is 11.9 Å². The lowest BCUT2D eigenvalue weighted by Crippen LogP contribution is -2.32. The van der Waals surface area contributed by atoms with Crippen LogP contribution in [0.4, 0.5) is 0 Å². The van der Waals surface area contributed by atoms with E-state index in [0.717, 1.165) is 0 Å². The van der Waals surface area contributed by atoms with E-state index in [1.807, 2.05) is 0 Å². The van der Waals surface area contributed by atoms with E-state index in [4.69, 9.17) is 5.11 Å². The molecule has 0 aromatic carbocycles. The Balaban J connectivity index is 2.43. The van der Waals surface area contributed by atoms with Gasteiger partial charge in [0.1, 0.15) is 5.69 Å². The van der Waals surface area contributed by atoms with Gasteiger partial charge in [0.2, 0.25) is 0 Å². The lowest BCUT2D eigenvalue weighted by molar-refractivity contribution is -0.141. The van der Waals surface area contributed by atoms with Gasteiger partial charge >= 0.3 is 5.97 Å². The number of H-pyrrole nitrogens is 1. The first kappa shape index (κ1) is 11.2. The van der Waals surface area contributed by atoms with Crippen LogP contribution in [-0.2, 0) is 4.79 Å². The molecular formula is C9H13N3O3. The number of aliphatic carboxylic acids is 1. The van der Waals surface area contributed by atoms with Gasteiger partial charge in [-0.2, -0.15) is 5.10 Å². The van der Waals surface area contributed by atoms with Crippen LogP contribution in [0.5, 0.6) is 0 Å². The molecule has 0 bridgehead atoms. The van der Waals surface area contributed by atoms with E-state index >= 15 is 0 Å². The van der Waals surface area contributed by atoms with Gasteiger partial charge in [-0.25, -0.2) is 0 Å². The molecule has 0 radical (unpaired) electrons. The van der Waals surface area contributed by atoms with Gasteiger partial charge in [0.15, 0.2) is 0 Å². The van der Waals surface area contributed by atoms with Crippen LogP contribution in [0, 0.1) is 5.92 Å². The number of aromatic nitrogens is 2. The number of hydrogen-bond donors (Lipinski definition) is 3. The van der Waals surface area contributed by atoms with Gasteiger partial charge in [0, 0.05) is 12.7 Å². The first-order chi connectivity index (χ1) is 7.15. The molecule has 15 heavy (non-hydrogen) atoms. The van der Waals surface area contributed by atoms with Gasteiger partial charge in [-0.3, -0.25) is 14.7 Å². The average molecular weight is 211 g/mol. The number of carbonyl (C=O) groups excluding carboxylic acids is 1. The van der Waals surface area contributed by atoms with Crippen LogP contribution in [0.1, 0.15) is 23.8 Å². The number of rotatable bonds is 5. The summed E-state index contributed by atoms with van der Waals surface area (Å²) in [6.07, 6.45) is 1.95. The zero-order valence-electron chi connectivity index (χ0n) is 8.36. The number of nitrogens with zero attached hydrogens (tertiary/aromatic N) is 1. The summed E-state index contributed by atoms with van der Waals surface area (Å²) in [6.45, 7) is 1.89. The Hall–Kier alpha value is -1.85. The van der Waals surface area contributed by atoms with Crippen molar-refractivity contribution < 1.29 is 14.7 Å². The molecule has 1 aromatic heterocycles. The molecule has 3 N–H and O–H groups in total. The molecule has 0 fully saturated rings. The fraction of sp³-hybridized carbons (Fsp3) is 0.444. The molecule has 1 heterocycles. The molecule has 1 amide bonds. The largest absolute Gasteiger partial charge is 0.481 e. The molecule has 1 unspecified atom stereocenters. The smallest absolute Gasteiger partial charge is 0.308 e. The molecule has 1 rings (SSSR count). The van der Waals surface area contributed by atoms with Crippen LogP contribution < -0.4 is 5.32 Å². The Labute approximate surface area is 86.7 Å². The second-order valence-electron chi connectivity index (χ2n) is 3.12. The molecule has 0 aliphatic rings.